The zero-order chi connectivity index (χ0) is 10.4. The number of nitrogens with one attached hydrogen (secondary N) is 1. The van der Waals surface area contributed by atoms with Crippen molar-refractivity contribution < 1.29 is 0 Å². The Kier molecular flexibility index (Phi) is 4.40. The fourth-order valence-corrected chi connectivity index (χ4v) is 1.59. The van der Waals surface area contributed by atoms with Gasteiger partial charge in [0.25, 0.3) is 0 Å². The maximum Gasteiger partial charge on any atom is 0.126 e. The normalized spacial score (nSPS) is 12.7. The first-order valence-electron chi connectivity index (χ1n) is 5.18. The molecule has 0 aliphatic heterocycles. The summed E-state index contributed by atoms with van der Waals surface area (Å²) in [6.07, 6.45) is 6.72. The molecule has 0 radical (unpaired) electrons. The molecule has 0 saturated carbocycles. The first-order chi connectivity index (χ1) is 6.83. The van der Waals surface area contributed by atoms with Crippen molar-refractivity contribution >= 4 is 0 Å². The second-order valence-electron chi connectivity index (χ2n) is 3.21. The lowest BCUT2D eigenvalue weighted by atomic mass is 10.2. The van der Waals surface area contributed by atoms with Crippen molar-refractivity contribution in [1.82, 2.24) is 14.9 Å². The molecule has 1 rings (SSSR count). The van der Waals surface area contributed by atoms with Crippen LogP contribution in [0.1, 0.15) is 32.1 Å². The van der Waals surface area contributed by atoms with E-state index in [-0.39, 0.29) is 0 Å². The molecule has 78 valence electrons. The highest BCUT2D eigenvalue weighted by Crippen LogP contribution is 2.14. The van der Waals surface area contributed by atoms with E-state index in [4.69, 9.17) is 0 Å². The average molecular weight is 193 g/mol. The van der Waals surface area contributed by atoms with Gasteiger partial charge in [-0.1, -0.05) is 13.0 Å². The largest absolute Gasteiger partial charge is 0.334 e. The van der Waals surface area contributed by atoms with Crippen molar-refractivity contribution in [1.29, 1.82) is 0 Å². The highest BCUT2D eigenvalue weighted by atomic mass is 15.1. The van der Waals surface area contributed by atoms with Crippen LogP contribution in [0.5, 0.6) is 0 Å². The Labute approximate surface area is 85.8 Å². The average Bonchev–Trinajstić information content (AvgIpc) is 2.65. The molecule has 3 heteroatoms. The Morgan fingerprint density at radius 1 is 1.64 bits per heavy atom. The number of hydrogen-bond acceptors (Lipinski definition) is 2. The smallest absolute Gasteiger partial charge is 0.126 e. The van der Waals surface area contributed by atoms with Gasteiger partial charge >= 0.3 is 0 Å². The van der Waals surface area contributed by atoms with Crippen LogP contribution in [-0.2, 0) is 6.54 Å². The van der Waals surface area contributed by atoms with Crippen LogP contribution in [0.25, 0.3) is 0 Å². The van der Waals surface area contributed by atoms with E-state index in [1.54, 1.807) is 0 Å². The second-order valence-corrected chi connectivity index (χ2v) is 3.21. The highest BCUT2D eigenvalue weighted by molar-refractivity contribution is 5.01. The number of hydrogen-bond donors (Lipinski definition) is 1. The molecule has 0 bridgehead atoms. The summed E-state index contributed by atoms with van der Waals surface area (Å²) in [7, 11) is 0. The molecular formula is C11H19N3. The van der Waals surface area contributed by atoms with Crippen LogP contribution in [0.3, 0.4) is 0 Å². The minimum Gasteiger partial charge on any atom is -0.334 e. The van der Waals surface area contributed by atoms with Crippen LogP contribution in [0.15, 0.2) is 25.0 Å². The van der Waals surface area contributed by atoms with Crippen LogP contribution in [0.2, 0.25) is 0 Å². The molecule has 0 fully saturated rings. The summed E-state index contributed by atoms with van der Waals surface area (Å²) in [5.41, 5.74) is 0. The summed E-state index contributed by atoms with van der Waals surface area (Å²) in [6.45, 7) is 9.92. The first kappa shape index (κ1) is 11.0. The molecule has 3 nitrogen and oxygen atoms in total. The van der Waals surface area contributed by atoms with E-state index in [2.05, 4.69) is 35.3 Å². The van der Waals surface area contributed by atoms with Gasteiger partial charge in [-0.25, -0.2) is 4.98 Å². The number of nitrogens with zero attached hydrogens (tertiary/aromatic N) is 2. The summed E-state index contributed by atoms with van der Waals surface area (Å²) in [5, 5.41) is 3.41. The van der Waals surface area contributed by atoms with E-state index in [1.807, 2.05) is 18.5 Å². The molecule has 0 spiro atoms. The minimum absolute atomic E-state index is 0.299. The van der Waals surface area contributed by atoms with Gasteiger partial charge in [-0.15, -0.1) is 6.58 Å². The van der Waals surface area contributed by atoms with E-state index in [0.717, 1.165) is 25.3 Å². The van der Waals surface area contributed by atoms with Crippen LogP contribution in [0.4, 0.5) is 0 Å². The van der Waals surface area contributed by atoms with Crippen molar-refractivity contribution in [2.75, 3.05) is 6.54 Å². The maximum absolute atomic E-state index is 4.38. The van der Waals surface area contributed by atoms with Gasteiger partial charge in [-0.05, 0) is 19.9 Å². The summed E-state index contributed by atoms with van der Waals surface area (Å²) < 4.78 is 2.16. The third-order valence-corrected chi connectivity index (χ3v) is 2.25. The van der Waals surface area contributed by atoms with E-state index in [1.165, 1.54) is 0 Å². The van der Waals surface area contributed by atoms with Crippen molar-refractivity contribution in [2.24, 2.45) is 0 Å². The van der Waals surface area contributed by atoms with Crippen molar-refractivity contribution in [3.05, 3.63) is 30.9 Å². The predicted octanol–water partition coefficient (Wildman–Crippen LogP) is 2.13. The van der Waals surface area contributed by atoms with Crippen molar-refractivity contribution in [3.8, 4) is 0 Å². The number of aromatic nitrogens is 2. The molecule has 14 heavy (non-hydrogen) atoms. The van der Waals surface area contributed by atoms with Gasteiger partial charge in [-0.2, -0.15) is 0 Å². The number of imidazole rings is 1. The molecule has 1 atom stereocenters. The zero-order valence-corrected chi connectivity index (χ0v) is 9.03. The molecule has 1 heterocycles. The monoisotopic (exact) mass is 193 g/mol. The quantitative estimate of drug-likeness (QED) is 0.701. The fraction of sp³-hybridized carbons (Fsp3) is 0.545. The van der Waals surface area contributed by atoms with Gasteiger partial charge < -0.3 is 9.88 Å². The van der Waals surface area contributed by atoms with Gasteiger partial charge in [-0.3, -0.25) is 0 Å². The molecule has 1 unspecified atom stereocenters. The standard InChI is InChI=1S/C11H19N3/c1-4-7-10(12-5-2)11-13-8-9-14(11)6-3/h4,8-10,12H,1,5-7H2,2-3H3. The zero-order valence-electron chi connectivity index (χ0n) is 9.03. The van der Waals surface area contributed by atoms with Crippen LogP contribution in [-0.4, -0.2) is 16.1 Å². The van der Waals surface area contributed by atoms with E-state index < -0.39 is 0 Å². The minimum atomic E-state index is 0.299. The highest BCUT2D eigenvalue weighted by Gasteiger charge is 2.13. The molecule has 0 aliphatic carbocycles. The molecule has 1 aromatic heterocycles. The summed E-state index contributed by atoms with van der Waals surface area (Å²) >= 11 is 0. The van der Waals surface area contributed by atoms with E-state index >= 15 is 0 Å². The third kappa shape index (κ3) is 2.45. The molecule has 1 aromatic rings. The Balaban J connectivity index is 2.80. The Morgan fingerprint density at radius 2 is 2.43 bits per heavy atom. The van der Waals surface area contributed by atoms with Gasteiger partial charge in [0.2, 0.25) is 0 Å². The summed E-state index contributed by atoms with van der Waals surface area (Å²) in [6, 6.07) is 0.299. The first-order valence-corrected chi connectivity index (χ1v) is 5.18. The van der Waals surface area contributed by atoms with Gasteiger partial charge in [0.15, 0.2) is 0 Å². The lowest BCUT2D eigenvalue weighted by Crippen LogP contribution is -2.23. The van der Waals surface area contributed by atoms with Crippen LogP contribution in [0, 0.1) is 0 Å². The Bertz CT molecular complexity index is 278. The van der Waals surface area contributed by atoms with E-state index in [0.29, 0.717) is 6.04 Å². The molecule has 0 aliphatic rings. The lowest BCUT2D eigenvalue weighted by Gasteiger charge is -2.16. The summed E-state index contributed by atoms with van der Waals surface area (Å²) in [4.78, 5) is 4.38. The second kappa shape index (κ2) is 5.60. The number of aryl methyl sites for hydroxylation is 1. The predicted molar refractivity (Wildman–Crippen MR) is 59.1 cm³/mol. The summed E-state index contributed by atoms with van der Waals surface area (Å²) in [5.74, 6) is 1.11. The Hall–Kier alpha value is -1.09. The Morgan fingerprint density at radius 3 is 3.00 bits per heavy atom. The van der Waals surface area contributed by atoms with Gasteiger partial charge in [0, 0.05) is 18.9 Å². The molecule has 0 amide bonds. The van der Waals surface area contributed by atoms with Crippen molar-refractivity contribution in [3.63, 3.8) is 0 Å². The lowest BCUT2D eigenvalue weighted by molar-refractivity contribution is 0.502. The van der Waals surface area contributed by atoms with E-state index in [9.17, 15) is 0 Å². The van der Waals surface area contributed by atoms with Crippen LogP contribution >= 0.6 is 0 Å². The molecule has 1 N–H and O–H groups in total. The van der Waals surface area contributed by atoms with Gasteiger partial charge in [0.05, 0.1) is 6.04 Å². The third-order valence-electron chi connectivity index (χ3n) is 2.25. The maximum atomic E-state index is 4.38. The number of rotatable bonds is 6. The SMILES string of the molecule is C=CCC(NCC)c1nccn1CC. The molecular weight excluding hydrogens is 174 g/mol. The van der Waals surface area contributed by atoms with Gasteiger partial charge in [0.1, 0.15) is 5.82 Å². The molecule has 0 aromatic carbocycles. The van der Waals surface area contributed by atoms with Crippen LogP contribution < -0.4 is 5.32 Å². The van der Waals surface area contributed by atoms with Crippen molar-refractivity contribution in [2.45, 2.75) is 32.9 Å². The topological polar surface area (TPSA) is 29.9 Å². The fourth-order valence-electron chi connectivity index (χ4n) is 1.59. The molecule has 0 saturated heterocycles.